The molecule has 6 heteroatoms. The Morgan fingerprint density at radius 2 is 1.96 bits per heavy atom. The summed E-state index contributed by atoms with van der Waals surface area (Å²) in [4.78, 5) is 17.2. The second-order valence-electron chi connectivity index (χ2n) is 6.50. The highest BCUT2D eigenvalue weighted by molar-refractivity contribution is 8.13. The van der Waals surface area contributed by atoms with E-state index in [0.29, 0.717) is 10.7 Å². The Morgan fingerprint density at radius 1 is 1.19 bits per heavy atom. The number of carbonyl (C=O) groups excluding carboxylic acids is 1. The highest BCUT2D eigenvalue weighted by Gasteiger charge is 2.29. The lowest BCUT2D eigenvalue weighted by Crippen LogP contribution is -2.28. The Hall–Kier alpha value is -2.31. The van der Waals surface area contributed by atoms with Gasteiger partial charge < -0.3 is 11.1 Å². The molecule has 0 saturated heterocycles. The first-order valence-corrected chi connectivity index (χ1v) is 10.2. The van der Waals surface area contributed by atoms with Gasteiger partial charge in [0.25, 0.3) is 5.91 Å². The molecule has 3 N–H and O–H groups in total. The summed E-state index contributed by atoms with van der Waals surface area (Å²) in [5.74, 6) is 0.857. The standard InChI is InChI=1S/C20H19N3OS2/c1-20(10-11-25-19(21)23-20)15-8-6-13(7-9-15)18(24)22-17-12-14-4-2-3-5-16(14)26-17/h2-9,12H,10-11H2,1H3,(H2,21,23)(H,22,24). The summed E-state index contributed by atoms with van der Waals surface area (Å²) in [6.07, 6.45) is 0.936. The van der Waals surface area contributed by atoms with Crippen LogP contribution in [0.5, 0.6) is 0 Å². The summed E-state index contributed by atoms with van der Waals surface area (Å²) < 4.78 is 1.16. The highest BCUT2D eigenvalue weighted by atomic mass is 32.2. The lowest BCUT2D eigenvalue weighted by atomic mass is 9.89. The molecule has 1 aromatic heterocycles. The molecule has 2 aromatic carbocycles. The molecule has 0 fully saturated rings. The number of nitrogens with zero attached hydrogens (tertiary/aromatic N) is 1. The SMILES string of the molecule is CC1(c2ccc(C(=O)Nc3cc4ccccc4s3)cc2)CCSC(N)=N1. The van der Waals surface area contributed by atoms with Crippen LogP contribution in [0.1, 0.15) is 29.3 Å². The Labute approximate surface area is 160 Å². The van der Waals surface area contributed by atoms with Gasteiger partial charge in [-0.15, -0.1) is 11.3 Å². The number of amides is 1. The predicted molar refractivity (Wildman–Crippen MR) is 112 cm³/mol. The molecule has 4 rings (SSSR count). The van der Waals surface area contributed by atoms with Gasteiger partial charge in [0.05, 0.1) is 10.5 Å². The van der Waals surface area contributed by atoms with Crippen LogP contribution in [0, 0.1) is 0 Å². The predicted octanol–water partition coefficient (Wildman–Crippen LogP) is 4.82. The van der Waals surface area contributed by atoms with E-state index in [2.05, 4.69) is 23.3 Å². The van der Waals surface area contributed by atoms with Gasteiger partial charge in [-0.1, -0.05) is 42.1 Å². The van der Waals surface area contributed by atoms with E-state index < -0.39 is 0 Å². The number of carbonyl (C=O) groups is 1. The molecule has 1 amide bonds. The maximum Gasteiger partial charge on any atom is 0.256 e. The number of nitrogens with two attached hydrogens (primary N) is 1. The second kappa shape index (κ2) is 6.78. The number of thioether (sulfide) groups is 1. The molecule has 132 valence electrons. The first-order chi connectivity index (χ1) is 12.5. The molecule has 1 unspecified atom stereocenters. The summed E-state index contributed by atoms with van der Waals surface area (Å²) in [7, 11) is 0. The minimum absolute atomic E-state index is 0.101. The van der Waals surface area contributed by atoms with Gasteiger partial charge in [0.1, 0.15) is 0 Å². The molecule has 1 aliphatic heterocycles. The van der Waals surface area contributed by atoms with Gasteiger partial charge in [0, 0.05) is 16.0 Å². The van der Waals surface area contributed by atoms with Gasteiger partial charge in [0.15, 0.2) is 5.17 Å². The van der Waals surface area contributed by atoms with Crippen LogP contribution >= 0.6 is 23.1 Å². The molecule has 0 radical (unpaired) electrons. The number of rotatable bonds is 3. The first-order valence-electron chi connectivity index (χ1n) is 8.42. The number of fused-ring (bicyclic) bond motifs is 1. The molecule has 1 aliphatic rings. The van der Waals surface area contributed by atoms with Crippen LogP contribution in [0.25, 0.3) is 10.1 Å². The fourth-order valence-electron chi connectivity index (χ4n) is 3.10. The van der Waals surface area contributed by atoms with Crippen molar-refractivity contribution in [3.05, 3.63) is 65.7 Å². The van der Waals surface area contributed by atoms with Gasteiger partial charge in [-0.3, -0.25) is 9.79 Å². The highest BCUT2D eigenvalue weighted by Crippen LogP contribution is 2.35. The molecular formula is C20H19N3OS2. The summed E-state index contributed by atoms with van der Waals surface area (Å²) in [6.45, 7) is 2.09. The van der Waals surface area contributed by atoms with Crippen LogP contribution in [0.3, 0.4) is 0 Å². The van der Waals surface area contributed by atoms with Crippen molar-refractivity contribution in [2.24, 2.45) is 10.7 Å². The molecule has 0 aliphatic carbocycles. The molecule has 0 saturated carbocycles. The van der Waals surface area contributed by atoms with Crippen molar-refractivity contribution in [1.82, 2.24) is 0 Å². The molecule has 0 bridgehead atoms. The van der Waals surface area contributed by atoms with Crippen molar-refractivity contribution in [3.63, 3.8) is 0 Å². The smallest absolute Gasteiger partial charge is 0.256 e. The van der Waals surface area contributed by atoms with E-state index in [1.165, 1.54) is 0 Å². The van der Waals surface area contributed by atoms with E-state index >= 15 is 0 Å². The zero-order chi connectivity index (χ0) is 18.1. The second-order valence-corrected chi connectivity index (χ2v) is 8.70. The maximum absolute atomic E-state index is 12.6. The Morgan fingerprint density at radius 3 is 2.69 bits per heavy atom. The Kier molecular flexibility index (Phi) is 4.46. The van der Waals surface area contributed by atoms with Crippen molar-refractivity contribution >= 4 is 49.3 Å². The van der Waals surface area contributed by atoms with Crippen LogP contribution in [-0.4, -0.2) is 16.8 Å². The topological polar surface area (TPSA) is 67.5 Å². The molecule has 1 atom stereocenters. The largest absolute Gasteiger partial charge is 0.379 e. The van der Waals surface area contributed by atoms with E-state index in [0.717, 1.165) is 32.8 Å². The van der Waals surface area contributed by atoms with Gasteiger partial charge in [-0.05, 0) is 48.6 Å². The van der Waals surface area contributed by atoms with E-state index in [1.807, 2.05) is 48.5 Å². The van der Waals surface area contributed by atoms with Gasteiger partial charge in [-0.2, -0.15) is 0 Å². The number of benzene rings is 2. The van der Waals surface area contributed by atoms with Crippen LogP contribution in [0.4, 0.5) is 5.00 Å². The summed E-state index contributed by atoms with van der Waals surface area (Å²) in [5, 5.41) is 5.62. The monoisotopic (exact) mass is 381 g/mol. The van der Waals surface area contributed by atoms with Crippen molar-refractivity contribution in [2.45, 2.75) is 18.9 Å². The average molecular weight is 382 g/mol. The summed E-state index contributed by atoms with van der Waals surface area (Å²) in [6, 6.07) is 17.8. The van der Waals surface area contributed by atoms with Crippen LogP contribution in [-0.2, 0) is 5.54 Å². The summed E-state index contributed by atoms with van der Waals surface area (Å²) >= 11 is 3.17. The molecule has 2 heterocycles. The average Bonchev–Trinajstić information content (AvgIpc) is 3.04. The molecule has 4 nitrogen and oxygen atoms in total. The molecular weight excluding hydrogens is 362 g/mol. The minimum Gasteiger partial charge on any atom is -0.379 e. The molecule has 0 spiro atoms. The number of aliphatic imine (C=N–C) groups is 1. The van der Waals surface area contributed by atoms with Crippen LogP contribution in [0.2, 0.25) is 0 Å². The third-order valence-electron chi connectivity index (χ3n) is 4.63. The number of hydrogen-bond acceptors (Lipinski definition) is 5. The zero-order valence-electron chi connectivity index (χ0n) is 14.4. The van der Waals surface area contributed by atoms with Crippen LogP contribution in [0.15, 0.2) is 59.6 Å². The normalized spacial score (nSPS) is 20.0. The third-order valence-corrected chi connectivity index (χ3v) is 6.45. The van der Waals surface area contributed by atoms with E-state index in [-0.39, 0.29) is 11.4 Å². The number of hydrogen-bond donors (Lipinski definition) is 2. The maximum atomic E-state index is 12.6. The third kappa shape index (κ3) is 3.34. The Bertz CT molecular complexity index is 961. The summed E-state index contributed by atoms with van der Waals surface area (Å²) in [5.41, 5.74) is 7.30. The quantitative estimate of drug-likeness (QED) is 0.683. The van der Waals surface area contributed by atoms with Crippen molar-refractivity contribution in [3.8, 4) is 0 Å². The van der Waals surface area contributed by atoms with Crippen molar-refractivity contribution in [1.29, 1.82) is 0 Å². The fourth-order valence-corrected chi connectivity index (χ4v) is 5.04. The molecule has 3 aromatic rings. The van der Waals surface area contributed by atoms with E-state index in [1.54, 1.807) is 23.1 Å². The van der Waals surface area contributed by atoms with Gasteiger partial charge in [0.2, 0.25) is 0 Å². The van der Waals surface area contributed by atoms with Crippen molar-refractivity contribution in [2.75, 3.05) is 11.1 Å². The molecule has 26 heavy (non-hydrogen) atoms. The number of amidine groups is 1. The zero-order valence-corrected chi connectivity index (χ0v) is 16.0. The number of thiophene rings is 1. The van der Waals surface area contributed by atoms with Gasteiger partial charge >= 0.3 is 0 Å². The lowest BCUT2D eigenvalue weighted by Gasteiger charge is -2.29. The van der Waals surface area contributed by atoms with Gasteiger partial charge in [-0.25, -0.2) is 0 Å². The van der Waals surface area contributed by atoms with Crippen molar-refractivity contribution < 1.29 is 4.79 Å². The first kappa shape index (κ1) is 17.1. The lowest BCUT2D eigenvalue weighted by molar-refractivity contribution is 0.102. The minimum atomic E-state index is -0.310. The Balaban J connectivity index is 1.53. The van der Waals surface area contributed by atoms with Crippen LogP contribution < -0.4 is 11.1 Å². The van der Waals surface area contributed by atoms with E-state index in [9.17, 15) is 4.79 Å². The number of anilines is 1. The number of nitrogens with one attached hydrogen (secondary N) is 1. The van der Waals surface area contributed by atoms with E-state index in [4.69, 9.17) is 5.73 Å². The fraction of sp³-hybridized carbons (Fsp3) is 0.200.